The summed E-state index contributed by atoms with van der Waals surface area (Å²) in [5, 5.41) is 3.14. The second-order valence-corrected chi connectivity index (χ2v) is 5.68. The minimum atomic E-state index is -3.06. The molecule has 0 spiro atoms. The van der Waals surface area contributed by atoms with Gasteiger partial charge in [0.25, 0.3) is 0 Å². The Bertz CT molecular complexity index is 451. The molecule has 0 saturated carbocycles. The van der Waals surface area contributed by atoms with E-state index in [4.69, 9.17) is 0 Å². The molecule has 76 valence electrons. The predicted octanol–water partition coefficient (Wildman–Crippen LogP) is 1.58. The lowest BCUT2D eigenvalue weighted by Crippen LogP contribution is -2.05. The van der Waals surface area contributed by atoms with Gasteiger partial charge in [-0.25, -0.2) is 8.42 Å². The van der Waals surface area contributed by atoms with Crippen LogP contribution in [0.5, 0.6) is 0 Å². The van der Waals surface area contributed by atoms with Crippen molar-refractivity contribution < 1.29 is 8.42 Å². The van der Waals surface area contributed by atoms with Gasteiger partial charge in [0.05, 0.1) is 16.3 Å². The number of aryl methyl sites for hydroxylation is 1. The Labute approximate surface area is 84.1 Å². The Hall–Kier alpha value is -1.03. The molecule has 0 unspecified atom stereocenters. The zero-order chi connectivity index (χ0) is 10.2. The number of benzene rings is 1. The van der Waals surface area contributed by atoms with E-state index in [-0.39, 0.29) is 5.75 Å². The molecule has 0 amide bonds. The maximum Gasteiger partial charge on any atom is 0.180 e. The van der Waals surface area contributed by atoms with Crippen molar-refractivity contribution in [3.63, 3.8) is 0 Å². The molecule has 0 radical (unpaired) electrons. The van der Waals surface area contributed by atoms with Gasteiger partial charge in [-0.2, -0.15) is 0 Å². The summed E-state index contributed by atoms with van der Waals surface area (Å²) in [6.45, 7) is 2.69. The fourth-order valence-corrected chi connectivity index (χ4v) is 3.13. The van der Waals surface area contributed by atoms with Crippen LogP contribution in [0.15, 0.2) is 23.1 Å². The quantitative estimate of drug-likeness (QED) is 0.708. The Morgan fingerprint density at radius 3 is 2.93 bits per heavy atom. The first-order chi connectivity index (χ1) is 6.59. The van der Waals surface area contributed by atoms with Crippen molar-refractivity contribution in [3.05, 3.63) is 23.8 Å². The van der Waals surface area contributed by atoms with Crippen LogP contribution in [0, 0.1) is 6.92 Å². The van der Waals surface area contributed by atoms with Crippen molar-refractivity contribution in [3.8, 4) is 0 Å². The van der Waals surface area contributed by atoms with E-state index in [9.17, 15) is 8.42 Å². The van der Waals surface area contributed by atoms with Gasteiger partial charge in [0.2, 0.25) is 0 Å². The van der Waals surface area contributed by atoms with Gasteiger partial charge in [0, 0.05) is 6.54 Å². The first-order valence-corrected chi connectivity index (χ1v) is 6.32. The standard InChI is InChI=1S/C10H13NO2S/c1-8-3-4-10-9(7-8)11-5-2-6-14(10,12)13/h3-4,7,11H,2,5-6H2,1H3. The molecule has 0 aromatic heterocycles. The van der Waals surface area contributed by atoms with E-state index in [0.717, 1.165) is 17.8 Å². The minimum Gasteiger partial charge on any atom is -0.384 e. The highest BCUT2D eigenvalue weighted by molar-refractivity contribution is 7.91. The maximum atomic E-state index is 11.8. The number of anilines is 1. The van der Waals surface area contributed by atoms with Gasteiger partial charge in [-0.05, 0) is 31.0 Å². The minimum absolute atomic E-state index is 0.246. The highest BCUT2D eigenvalue weighted by Crippen LogP contribution is 2.26. The molecule has 1 aliphatic heterocycles. The molecule has 14 heavy (non-hydrogen) atoms. The summed E-state index contributed by atoms with van der Waals surface area (Å²) in [6.07, 6.45) is 0.677. The van der Waals surface area contributed by atoms with Gasteiger partial charge >= 0.3 is 0 Å². The van der Waals surface area contributed by atoms with Crippen molar-refractivity contribution >= 4 is 15.5 Å². The average Bonchev–Trinajstić information content (AvgIpc) is 2.25. The highest BCUT2D eigenvalue weighted by atomic mass is 32.2. The molecule has 1 aromatic rings. The second-order valence-electron chi connectivity index (χ2n) is 3.60. The third-order valence-corrected chi connectivity index (χ3v) is 4.23. The molecule has 0 aliphatic carbocycles. The van der Waals surface area contributed by atoms with Gasteiger partial charge in [-0.1, -0.05) is 6.07 Å². The summed E-state index contributed by atoms with van der Waals surface area (Å²) in [4.78, 5) is 0.445. The molecule has 1 aliphatic rings. The second kappa shape index (κ2) is 3.28. The lowest BCUT2D eigenvalue weighted by atomic mass is 10.2. The molecule has 3 nitrogen and oxygen atoms in total. The lowest BCUT2D eigenvalue weighted by Gasteiger charge is -2.07. The number of sulfone groups is 1. The van der Waals surface area contributed by atoms with E-state index < -0.39 is 9.84 Å². The van der Waals surface area contributed by atoms with Crippen LogP contribution in [0.25, 0.3) is 0 Å². The lowest BCUT2D eigenvalue weighted by molar-refractivity contribution is 0.596. The van der Waals surface area contributed by atoms with Crippen molar-refractivity contribution in [2.75, 3.05) is 17.6 Å². The number of hydrogen-bond acceptors (Lipinski definition) is 3. The molecule has 4 heteroatoms. The summed E-state index contributed by atoms with van der Waals surface area (Å²) in [6, 6.07) is 5.42. The fourth-order valence-electron chi connectivity index (χ4n) is 1.65. The zero-order valence-corrected chi connectivity index (χ0v) is 8.89. The molecule has 2 rings (SSSR count). The summed E-state index contributed by atoms with van der Waals surface area (Å²) in [7, 11) is -3.06. The van der Waals surface area contributed by atoms with Crippen LogP contribution in [-0.2, 0) is 9.84 Å². The summed E-state index contributed by atoms with van der Waals surface area (Å²) in [5.41, 5.74) is 1.83. The van der Waals surface area contributed by atoms with Gasteiger partial charge in [0.1, 0.15) is 0 Å². The molecule has 0 saturated heterocycles. The topological polar surface area (TPSA) is 46.2 Å². The van der Waals surface area contributed by atoms with E-state index in [1.165, 1.54) is 0 Å². The maximum absolute atomic E-state index is 11.8. The number of rotatable bonds is 0. The molecule has 0 atom stereocenters. The fraction of sp³-hybridized carbons (Fsp3) is 0.400. The van der Waals surface area contributed by atoms with Crippen LogP contribution in [0.3, 0.4) is 0 Å². The summed E-state index contributed by atoms with van der Waals surface area (Å²) in [5.74, 6) is 0.246. The van der Waals surface area contributed by atoms with Crippen LogP contribution in [0.1, 0.15) is 12.0 Å². The smallest absolute Gasteiger partial charge is 0.180 e. The van der Waals surface area contributed by atoms with Gasteiger partial charge < -0.3 is 5.32 Å². The normalized spacial score (nSPS) is 19.2. The van der Waals surface area contributed by atoms with E-state index in [1.54, 1.807) is 6.07 Å². The molecule has 1 aromatic carbocycles. The van der Waals surface area contributed by atoms with Gasteiger partial charge in [-0.15, -0.1) is 0 Å². The van der Waals surface area contributed by atoms with E-state index in [0.29, 0.717) is 11.3 Å². The van der Waals surface area contributed by atoms with Gasteiger partial charge in [-0.3, -0.25) is 0 Å². The molecule has 0 bridgehead atoms. The summed E-state index contributed by atoms with van der Waals surface area (Å²) < 4.78 is 23.5. The van der Waals surface area contributed by atoms with E-state index in [2.05, 4.69) is 5.32 Å². The van der Waals surface area contributed by atoms with E-state index in [1.807, 2.05) is 19.1 Å². The SMILES string of the molecule is Cc1ccc2c(c1)NCCCS2(=O)=O. The Kier molecular flexibility index (Phi) is 2.23. The Morgan fingerprint density at radius 2 is 2.14 bits per heavy atom. The number of hydrogen-bond donors (Lipinski definition) is 1. The molecular weight excluding hydrogens is 198 g/mol. The molecule has 1 heterocycles. The predicted molar refractivity (Wildman–Crippen MR) is 56.3 cm³/mol. The number of nitrogens with one attached hydrogen (secondary N) is 1. The Morgan fingerprint density at radius 1 is 1.36 bits per heavy atom. The van der Waals surface area contributed by atoms with Crippen LogP contribution < -0.4 is 5.32 Å². The van der Waals surface area contributed by atoms with Crippen LogP contribution in [0.2, 0.25) is 0 Å². The average molecular weight is 211 g/mol. The Balaban J connectivity index is 2.62. The number of fused-ring (bicyclic) bond motifs is 1. The van der Waals surface area contributed by atoms with Crippen molar-refractivity contribution in [1.82, 2.24) is 0 Å². The highest BCUT2D eigenvalue weighted by Gasteiger charge is 2.20. The monoisotopic (exact) mass is 211 g/mol. The summed E-state index contributed by atoms with van der Waals surface area (Å²) >= 11 is 0. The first-order valence-electron chi connectivity index (χ1n) is 4.67. The first kappa shape index (κ1) is 9.52. The van der Waals surface area contributed by atoms with Crippen molar-refractivity contribution in [1.29, 1.82) is 0 Å². The van der Waals surface area contributed by atoms with Crippen molar-refractivity contribution in [2.45, 2.75) is 18.2 Å². The zero-order valence-electron chi connectivity index (χ0n) is 8.08. The third kappa shape index (κ3) is 1.62. The molecule has 0 fully saturated rings. The van der Waals surface area contributed by atoms with Crippen LogP contribution >= 0.6 is 0 Å². The van der Waals surface area contributed by atoms with Crippen molar-refractivity contribution in [2.24, 2.45) is 0 Å². The van der Waals surface area contributed by atoms with Crippen LogP contribution in [0.4, 0.5) is 5.69 Å². The third-order valence-electron chi connectivity index (χ3n) is 2.38. The molecule has 1 N–H and O–H groups in total. The van der Waals surface area contributed by atoms with E-state index >= 15 is 0 Å². The molecular formula is C10H13NO2S. The largest absolute Gasteiger partial charge is 0.384 e. The van der Waals surface area contributed by atoms with Crippen LogP contribution in [-0.4, -0.2) is 20.7 Å². The van der Waals surface area contributed by atoms with Gasteiger partial charge in [0.15, 0.2) is 9.84 Å².